The van der Waals surface area contributed by atoms with Crippen LogP contribution in [-0.4, -0.2) is 0 Å². The molecule has 0 aliphatic carbocycles. The number of hydrogen-bond donors (Lipinski definition) is 0. The lowest BCUT2D eigenvalue weighted by Gasteiger charge is -2.11. The van der Waals surface area contributed by atoms with Crippen molar-refractivity contribution >= 4 is 10.8 Å². The van der Waals surface area contributed by atoms with Gasteiger partial charge in [0.1, 0.15) is 0 Å². The van der Waals surface area contributed by atoms with Gasteiger partial charge in [-0.15, -0.1) is 0 Å². The fourth-order valence-electron chi connectivity index (χ4n) is 1.61. The fourth-order valence-corrected chi connectivity index (χ4v) is 1.61. The van der Waals surface area contributed by atoms with Crippen LogP contribution in [-0.2, 0) is 6.18 Å². The van der Waals surface area contributed by atoms with Gasteiger partial charge in [0, 0.05) is 0 Å². The van der Waals surface area contributed by atoms with Gasteiger partial charge >= 0.3 is 6.18 Å². The lowest BCUT2D eigenvalue weighted by Crippen LogP contribution is -2.05. The smallest absolute Gasteiger partial charge is 0.166 e. The van der Waals surface area contributed by atoms with Gasteiger partial charge in [0.25, 0.3) is 0 Å². The summed E-state index contributed by atoms with van der Waals surface area (Å²) in [5.41, 5.74) is 0.00380. The van der Waals surface area contributed by atoms with Crippen LogP contribution in [0, 0.1) is 6.92 Å². The third kappa shape index (κ3) is 1.69. The second-order valence-electron chi connectivity index (χ2n) is 3.32. The Bertz CT molecular complexity index is 498. The molecular formula is C12H8F3. The van der Waals surface area contributed by atoms with Crippen LogP contribution < -0.4 is 0 Å². The molecule has 2 rings (SSSR count). The van der Waals surface area contributed by atoms with Crippen molar-refractivity contribution in [1.29, 1.82) is 0 Å². The first-order chi connectivity index (χ1) is 7.00. The molecule has 2 aromatic carbocycles. The van der Waals surface area contributed by atoms with Crippen molar-refractivity contribution in [1.82, 2.24) is 0 Å². The van der Waals surface area contributed by atoms with Crippen molar-refractivity contribution in [3.8, 4) is 0 Å². The maximum Gasteiger partial charge on any atom is 0.417 e. The van der Waals surface area contributed by atoms with Gasteiger partial charge < -0.3 is 0 Å². The fraction of sp³-hybridized carbons (Fsp3) is 0.0833. The molecule has 0 aliphatic heterocycles. The first-order valence-electron chi connectivity index (χ1n) is 4.41. The normalized spacial score (nSPS) is 12.0. The topological polar surface area (TPSA) is 0 Å². The molecule has 3 heteroatoms. The molecule has 0 saturated carbocycles. The van der Waals surface area contributed by atoms with Gasteiger partial charge in [0.15, 0.2) is 0 Å². The van der Waals surface area contributed by atoms with Gasteiger partial charge in [-0.3, -0.25) is 0 Å². The molecule has 0 aromatic heterocycles. The molecule has 0 atom stereocenters. The summed E-state index contributed by atoms with van der Waals surface area (Å²) in [4.78, 5) is 0. The molecule has 0 aliphatic rings. The van der Waals surface area contributed by atoms with Crippen molar-refractivity contribution in [2.24, 2.45) is 0 Å². The van der Waals surface area contributed by atoms with E-state index in [-0.39, 0.29) is 5.39 Å². The molecule has 0 saturated heterocycles. The van der Waals surface area contributed by atoms with Gasteiger partial charge in [-0.1, -0.05) is 30.3 Å². The van der Waals surface area contributed by atoms with E-state index < -0.39 is 11.7 Å². The number of rotatable bonds is 0. The minimum absolute atomic E-state index is 0.206. The third-order valence-electron chi connectivity index (χ3n) is 2.32. The molecular weight excluding hydrogens is 201 g/mol. The number of halogens is 3. The Morgan fingerprint density at radius 3 is 2.07 bits per heavy atom. The van der Waals surface area contributed by atoms with E-state index in [0.717, 1.165) is 6.07 Å². The summed E-state index contributed by atoms with van der Waals surface area (Å²) in [5, 5.41) is 0.754. The Morgan fingerprint density at radius 2 is 1.47 bits per heavy atom. The highest BCUT2D eigenvalue weighted by atomic mass is 19.4. The lowest BCUT2D eigenvalue weighted by atomic mass is 10.0. The molecule has 0 bridgehead atoms. The standard InChI is InChI=1S/C12H8F3/c1-8-6-7-11(12(13,14)15)10-5-3-2-4-9(8)10/h2-7H,1H2. The zero-order valence-electron chi connectivity index (χ0n) is 7.81. The van der Waals surface area contributed by atoms with Crippen molar-refractivity contribution in [2.45, 2.75) is 6.18 Å². The Balaban J connectivity index is 2.84. The predicted molar refractivity (Wildman–Crippen MR) is 53.4 cm³/mol. The number of alkyl halides is 3. The minimum atomic E-state index is -4.31. The van der Waals surface area contributed by atoms with Gasteiger partial charge in [0.05, 0.1) is 5.56 Å². The second kappa shape index (κ2) is 3.26. The molecule has 0 fully saturated rings. The van der Waals surface area contributed by atoms with Crippen molar-refractivity contribution in [3.05, 3.63) is 54.4 Å². The molecule has 15 heavy (non-hydrogen) atoms. The largest absolute Gasteiger partial charge is 0.417 e. The maximum absolute atomic E-state index is 12.6. The van der Waals surface area contributed by atoms with E-state index in [2.05, 4.69) is 6.92 Å². The van der Waals surface area contributed by atoms with E-state index in [4.69, 9.17) is 0 Å². The third-order valence-corrected chi connectivity index (χ3v) is 2.32. The predicted octanol–water partition coefficient (Wildman–Crippen LogP) is 4.04. The summed E-state index contributed by atoms with van der Waals surface area (Å²) in [7, 11) is 0. The lowest BCUT2D eigenvalue weighted by molar-refractivity contribution is -0.136. The van der Waals surface area contributed by atoms with E-state index in [0.29, 0.717) is 10.9 Å². The van der Waals surface area contributed by atoms with E-state index in [1.165, 1.54) is 12.1 Å². The number of benzene rings is 2. The highest BCUT2D eigenvalue weighted by molar-refractivity contribution is 5.89. The summed E-state index contributed by atoms with van der Waals surface area (Å²) in [6.45, 7) is 3.70. The maximum atomic E-state index is 12.6. The summed E-state index contributed by atoms with van der Waals surface area (Å²) in [6, 6.07) is 8.88. The van der Waals surface area contributed by atoms with Crippen LogP contribution in [0.15, 0.2) is 36.4 Å². The quantitative estimate of drug-likeness (QED) is 0.614. The van der Waals surface area contributed by atoms with Gasteiger partial charge in [-0.25, -0.2) is 0 Å². The molecule has 0 N–H and O–H groups in total. The SMILES string of the molecule is [CH2]c1ccc(C(F)(F)F)c2ccccc12. The molecule has 2 aromatic rings. The van der Waals surface area contributed by atoms with Crippen LogP contribution >= 0.6 is 0 Å². The van der Waals surface area contributed by atoms with Crippen LogP contribution in [0.5, 0.6) is 0 Å². The van der Waals surface area contributed by atoms with Crippen LogP contribution in [0.2, 0.25) is 0 Å². The zero-order chi connectivity index (χ0) is 11.1. The first-order valence-corrected chi connectivity index (χ1v) is 4.41. The van der Waals surface area contributed by atoms with Crippen LogP contribution in [0.25, 0.3) is 10.8 Å². The Labute approximate surface area is 85.3 Å². The summed E-state index contributed by atoms with van der Waals surface area (Å²) in [5.74, 6) is 0. The van der Waals surface area contributed by atoms with E-state index in [1.54, 1.807) is 18.2 Å². The van der Waals surface area contributed by atoms with Crippen molar-refractivity contribution in [2.75, 3.05) is 0 Å². The summed E-state index contributed by atoms with van der Waals surface area (Å²) >= 11 is 0. The van der Waals surface area contributed by atoms with Crippen LogP contribution in [0.4, 0.5) is 13.2 Å². The molecule has 0 heterocycles. The van der Waals surface area contributed by atoms with Gasteiger partial charge in [0.2, 0.25) is 0 Å². The summed E-state index contributed by atoms with van der Waals surface area (Å²) in [6.07, 6.45) is -4.31. The molecule has 0 nitrogen and oxygen atoms in total. The van der Waals surface area contributed by atoms with Gasteiger partial charge in [-0.2, -0.15) is 13.2 Å². The monoisotopic (exact) mass is 209 g/mol. The molecule has 0 spiro atoms. The second-order valence-corrected chi connectivity index (χ2v) is 3.32. The highest BCUT2D eigenvalue weighted by Crippen LogP contribution is 2.35. The van der Waals surface area contributed by atoms with Crippen LogP contribution in [0.3, 0.4) is 0 Å². The van der Waals surface area contributed by atoms with E-state index in [1.807, 2.05) is 0 Å². The first kappa shape index (κ1) is 10.0. The van der Waals surface area contributed by atoms with E-state index >= 15 is 0 Å². The van der Waals surface area contributed by atoms with Crippen LogP contribution in [0.1, 0.15) is 11.1 Å². The Hall–Kier alpha value is -1.51. The van der Waals surface area contributed by atoms with Crippen molar-refractivity contribution < 1.29 is 13.2 Å². The molecule has 1 radical (unpaired) electrons. The number of fused-ring (bicyclic) bond motifs is 1. The van der Waals surface area contributed by atoms with Crippen molar-refractivity contribution in [3.63, 3.8) is 0 Å². The molecule has 0 amide bonds. The molecule has 77 valence electrons. The Kier molecular flexibility index (Phi) is 2.18. The average molecular weight is 209 g/mol. The minimum Gasteiger partial charge on any atom is -0.166 e. The number of hydrogen-bond acceptors (Lipinski definition) is 0. The molecule has 0 unspecified atom stereocenters. The zero-order valence-corrected chi connectivity index (χ0v) is 7.81. The summed E-state index contributed by atoms with van der Waals surface area (Å²) < 4.78 is 37.9. The average Bonchev–Trinajstić information content (AvgIpc) is 2.17. The van der Waals surface area contributed by atoms with Gasteiger partial charge in [-0.05, 0) is 29.3 Å². The Morgan fingerprint density at radius 1 is 0.867 bits per heavy atom. The highest BCUT2D eigenvalue weighted by Gasteiger charge is 2.32. The van der Waals surface area contributed by atoms with E-state index in [9.17, 15) is 13.2 Å².